The predicted octanol–water partition coefficient (Wildman–Crippen LogP) is 4.46. The lowest BCUT2D eigenvalue weighted by Gasteiger charge is -2.22. The van der Waals surface area contributed by atoms with Crippen molar-refractivity contribution >= 4 is 5.97 Å². The van der Waals surface area contributed by atoms with Gasteiger partial charge in [-0.2, -0.15) is 0 Å². The van der Waals surface area contributed by atoms with Crippen LogP contribution in [0, 0.1) is 11.8 Å². The Morgan fingerprint density at radius 3 is 2.64 bits per heavy atom. The topological polar surface area (TPSA) is 77.8 Å². The van der Waals surface area contributed by atoms with Gasteiger partial charge < -0.3 is 15.3 Å². The average molecular weight is 353 g/mol. The summed E-state index contributed by atoms with van der Waals surface area (Å²) in [5.74, 6) is -0.259. The van der Waals surface area contributed by atoms with Crippen molar-refractivity contribution in [2.24, 2.45) is 11.8 Å². The highest BCUT2D eigenvalue weighted by molar-refractivity contribution is 5.66. The fourth-order valence-electron chi connectivity index (χ4n) is 3.54. The molecule has 4 heteroatoms. The minimum Gasteiger partial charge on any atom is -0.481 e. The molecule has 3 N–H and O–H groups in total. The van der Waals surface area contributed by atoms with Crippen LogP contribution >= 0.6 is 0 Å². The molecule has 0 aliphatic heterocycles. The van der Waals surface area contributed by atoms with Crippen LogP contribution < -0.4 is 0 Å². The molecule has 0 aromatic heterocycles. The highest BCUT2D eigenvalue weighted by Crippen LogP contribution is 2.36. The van der Waals surface area contributed by atoms with Crippen molar-refractivity contribution in [1.29, 1.82) is 0 Å². The van der Waals surface area contributed by atoms with Crippen molar-refractivity contribution in [3.8, 4) is 0 Å². The van der Waals surface area contributed by atoms with E-state index in [0.717, 1.165) is 51.4 Å². The number of carbonyl (C=O) groups is 1. The number of rotatable bonds is 12. The first-order chi connectivity index (χ1) is 11.9. The summed E-state index contributed by atoms with van der Waals surface area (Å²) in [4.78, 5) is 10.5. The van der Waals surface area contributed by atoms with Gasteiger partial charge in [0.15, 0.2) is 0 Å². The fourth-order valence-corrected chi connectivity index (χ4v) is 3.54. The number of carboxylic acids is 1. The van der Waals surface area contributed by atoms with Crippen LogP contribution in [0.25, 0.3) is 0 Å². The van der Waals surface area contributed by atoms with Gasteiger partial charge in [0, 0.05) is 6.42 Å². The summed E-state index contributed by atoms with van der Waals surface area (Å²) in [5, 5.41) is 29.3. The highest BCUT2D eigenvalue weighted by Gasteiger charge is 2.32. The average Bonchev–Trinajstić information content (AvgIpc) is 2.89. The maximum Gasteiger partial charge on any atom is 0.303 e. The lowest BCUT2D eigenvalue weighted by molar-refractivity contribution is -0.137. The van der Waals surface area contributed by atoms with Crippen molar-refractivity contribution in [1.82, 2.24) is 0 Å². The van der Waals surface area contributed by atoms with Gasteiger partial charge in [-0.25, -0.2) is 0 Å². The van der Waals surface area contributed by atoms with Crippen molar-refractivity contribution in [2.45, 2.75) is 89.8 Å². The standard InChI is InChI=1S/C21H36O4/c1-3-4-9-15-21(2,25)16-14-17-12-13-19(22)18(17)10-7-5-6-8-11-20(23)24/h5,7,14,16-19,22,25H,3-4,6,8-13,15H2,1-2H3,(H,23,24)/b7-5-,16-14+. The number of hydrogen-bond donors (Lipinski definition) is 3. The molecule has 4 atom stereocenters. The van der Waals surface area contributed by atoms with Crippen LogP contribution in [0.2, 0.25) is 0 Å². The second-order valence-electron chi connectivity index (χ2n) is 7.64. The van der Waals surface area contributed by atoms with Gasteiger partial charge in [0.25, 0.3) is 0 Å². The third kappa shape index (κ3) is 9.22. The van der Waals surface area contributed by atoms with E-state index < -0.39 is 11.6 Å². The van der Waals surface area contributed by atoms with Gasteiger partial charge in [0.1, 0.15) is 0 Å². The van der Waals surface area contributed by atoms with Crippen LogP contribution in [-0.2, 0) is 4.79 Å². The molecule has 0 amide bonds. The number of unbranched alkanes of at least 4 members (excludes halogenated alkanes) is 3. The molecule has 144 valence electrons. The number of carboxylic acid groups (broad SMARTS) is 1. The Bertz CT molecular complexity index is 439. The van der Waals surface area contributed by atoms with Crippen LogP contribution in [0.4, 0.5) is 0 Å². The Morgan fingerprint density at radius 2 is 1.96 bits per heavy atom. The summed E-state index contributed by atoms with van der Waals surface area (Å²) in [6.45, 7) is 4.02. The number of aliphatic hydroxyl groups excluding tert-OH is 1. The van der Waals surface area contributed by atoms with Gasteiger partial charge >= 0.3 is 5.97 Å². The molecule has 1 rings (SSSR count). The smallest absolute Gasteiger partial charge is 0.303 e. The Hall–Kier alpha value is -1.13. The summed E-state index contributed by atoms with van der Waals surface area (Å²) >= 11 is 0. The SMILES string of the molecule is CCCCCC(C)(O)/C=C/C1CCC(O)C1C/C=C\CCCC(=O)O. The second kappa shape index (κ2) is 11.5. The highest BCUT2D eigenvalue weighted by atomic mass is 16.4. The monoisotopic (exact) mass is 352 g/mol. The van der Waals surface area contributed by atoms with Crippen LogP contribution in [0.15, 0.2) is 24.3 Å². The van der Waals surface area contributed by atoms with Crippen molar-refractivity contribution in [3.05, 3.63) is 24.3 Å². The molecule has 1 aliphatic carbocycles. The zero-order chi connectivity index (χ0) is 18.7. The van der Waals surface area contributed by atoms with Gasteiger partial charge in [-0.05, 0) is 57.3 Å². The molecule has 1 saturated carbocycles. The molecular formula is C21H36O4. The number of allylic oxidation sites excluding steroid dienone is 3. The zero-order valence-corrected chi connectivity index (χ0v) is 15.9. The van der Waals surface area contributed by atoms with Gasteiger partial charge in [0.2, 0.25) is 0 Å². The number of hydrogen-bond acceptors (Lipinski definition) is 3. The molecular weight excluding hydrogens is 316 g/mol. The molecule has 0 aromatic rings. The molecule has 25 heavy (non-hydrogen) atoms. The van der Waals surface area contributed by atoms with E-state index in [2.05, 4.69) is 19.1 Å². The van der Waals surface area contributed by atoms with Crippen LogP contribution in [0.5, 0.6) is 0 Å². The lowest BCUT2D eigenvalue weighted by Crippen LogP contribution is -2.22. The van der Waals surface area contributed by atoms with Gasteiger partial charge in [-0.1, -0.05) is 50.5 Å². The molecule has 0 aromatic carbocycles. The minimum absolute atomic E-state index is 0.193. The molecule has 1 aliphatic rings. The first-order valence-electron chi connectivity index (χ1n) is 9.82. The van der Waals surface area contributed by atoms with Crippen LogP contribution in [0.1, 0.15) is 78.1 Å². The van der Waals surface area contributed by atoms with Gasteiger partial charge in [-0.3, -0.25) is 4.79 Å². The molecule has 0 heterocycles. The maximum absolute atomic E-state index is 10.5. The first kappa shape index (κ1) is 21.9. The molecule has 4 nitrogen and oxygen atoms in total. The van der Waals surface area contributed by atoms with E-state index in [1.165, 1.54) is 0 Å². The minimum atomic E-state index is -0.764. The van der Waals surface area contributed by atoms with Crippen LogP contribution in [0.3, 0.4) is 0 Å². The Morgan fingerprint density at radius 1 is 1.20 bits per heavy atom. The molecule has 1 fully saturated rings. The number of aliphatic carboxylic acids is 1. The van der Waals surface area contributed by atoms with E-state index in [1.54, 1.807) is 0 Å². The Labute approximate surface area is 152 Å². The third-order valence-corrected chi connectivity index (χ3v) is 5.17. The first-order valence-corrected chi connectivity index (χ1v) is 9.82. The summed E-state index contributed by atoms with van der Waals surface area (Å²) in [7, 11) is 0. The summed E-state index contributed by atoms with van der Waals surface area (Å²) in [6, 6.07) is 0. The largest absolute Gasteiger partial charge is 0.481 e. The zero-order valence-electron chi connectivity index (χ0n) is 15.9. The van der Waals surface area contributed by atoms with E-state index in [1.807, 2.05) is 19.1 Å². The quantitative estimate of drug-likeness (QED) is 0.358. The summed E-state index contributed by atoms with van der Waals surface area (Å²) in [5.41, 5.74) is -0.764. The van der Waals surface area contributed by atoms with Crippen LogP contribution in [-0.4, -0.2) is 33.0 Å². The Balaban J connectivity index is 2.45. The van der Waals surface area contributed by atoms with Crippen molar-refractivity contribution in [3.63, 3.8) is 0 Å². The van der Waals surface area contributed by atoms with Gasteiger partial charge in [-0.15, -0.1) is 0 Å². The predicted molar refractivity (Wildman–Crippen MR) is 101 cm³/mol. The Kier molecular flexibility index (Phi) is 10.1. The van der Waals surface area contributed by atoms with Gasteiger partial charge in [0.05, 0.1) is 11.7 Å². The summed E-state index contributed by atoms with van der Waals surface area (Å²) < 4.78 is 0. The molecule has 0 spiro atoms. The van der Waals surface area contributed by atoms with Crippen molar-refractivity contribution in [2.75, 3.05) is 0 Å². The molecule has 0 bridgehead atoms. The number of aliphatic hydroxyl groups is 2. The normalized spacial score (nSPS) is 26.5. The van der Waals surface area contributed by atoms with E-state index in [9.17, 15) is 15.0 Å². The second-order valence-corrected chi connectivity index (χ2v) is 7.64. The van der Waals surface area contributed by atoms with Crippen molar-refractivity contribution < 1.29 is 20.1 Å². The van der Waals surface area contributed by atoms with E-state index in [4.69, 9.17) is 5.11 Å². The van der Waals surface area contributed by atoms with E-state index >= 15 is 0 Å². The maximum atomic E-state index is 10.5. The molecule has 4 unspecified atom stereocenters. The fraction of sp³-hybridized carbons (Fsp3) is 0.762. The van der Waals surface area contributed by atoms with E-state index in [0.29, 0.717) is 12.3 Å². The summed E-state index contributed by atoms with van der Waals surface area (Å²) in [6.07, 6.45) is 16.1. The molecule has 0 saturated heterocycles. The van der Waals surface area contributed by atoms with E-state index in [-0.39, 0.29) is 18.4 Å². The third-order valence-electron chi connectivity index (χ3n) is 5.17. The lowest BCUT2D eigenvalue weighted by atomic mass is 9.88. The molecule has 0 radical (unpaired) electrons.